The van der Waals surface area contributed by atoms with Crippen LogP contribution < -0.4 is 5.11 Å². The topological polar surface area (TPSA) is 40.1 Å². The van der Waals surface area contributed by atoms with Crippen molar-refractivity contribution in [3.05, 3.63) is 93.6 Å². The smallest absolute Gasteiger partial charge is 0.182 e. The molecule has 0 aliphatic heterocycles. The highest BCUT2D eigenvalue weighted by atomic mass is 16.3. The SMILES string of the molecule is CC1=CC(=O)C(C(C)C)=C/C1=C(\c1ccccc1)c1cc(C(C)C)c([O-])cc1C. The minimum atomic E-state index is 0.0863. The van der Waals surface area contributed by atoms with Crippen LogP contribution in [0.15, 0.2) is 71.3 Å². The van der Waals surface area contributed by atoms with Gasteiger partial charge in [0.15, 0.2) is 5.78 Å². The molecule has 2 nitrogen and oxygen atoms in total. The van der Waals surface area contributed by atoms with Crippen molar-refractivity contribution in [2.75, 3.05) is 0 Å². The van der Waals surface area contributed by atoms with Crippen molar-refractivity contribution in [2.45, 2.75) is 47.5 Å². The third-order valence-corrected chi connectivity index (χ3v) is 5.56. The summed E-state index contributed by atoms with van der Waals surface area (Å²) in [6.07, 6.45) is 3.79. The van der Waals surface area contributed by atoms with Gasteiger partial charge in [-0.1, -0.05) is 75.7 Å². The number of carbonyl (C=O) groups is 1. The van der Waals surface area contributed by atoms with Crippen molar-refractivity contribution in [1.82, 2.24) is 0 Å². The van der Waals surface area contributed by atoms with E-state index in [0.29, 0.717) is 0 Å². The van der Waals surface area contributed by atoms with Crippen LogP contribution in [0.3, 0.4) is 0 Å². The predicted octanol–water partition coefficient (Wildman–Crippen LogP) is 6.11. The van der Waals surface area contributed by atoms with E-state index in [-0.39, 0.29) is 23.4 Å². The Morgan fingerprint density at radius 1 is 0.897 bits per heavy atom. The van der Waals surface area contributed by atoms with Gasteiger partial charge in [0.25, 0.3) is 0 Å². The second-order valence-corrected chi connectivity index (χ2v) is 8.46. The van der Waals surface area contributed by atoms with Crippen molar-refractivity contribution in [3.8, 4) is 5.75 Å². The average Bonchev–Trinajstić information content (AvgIpc) is 2.65. The molecule has 0 bridgehead atoms. The highest BCUT2D eigenvalue weighted by molar-refractivity contribution is 6.08. The van der Waals surface area contributed by atoms with Gasteiger partial charge in [-0.3, -0.25) is 4.79 Å². The zero-order chi connectivity index (χ0) is 21.3. The molecule has 0 amide bonds. The quantitative estimate of drug-likeness (QED) is 0.637. The molecule has 0 aromatic heterocycles. The lowest BCUT2D eigenvalue weighted by Crippen LogP contribution is -2.12. The summed E-state index contributed by atoms with van der Waals surface area (Å²) in [7, 11) is 0. The van der Waals surface area contributed by atoms with Gasteiger partial charge in [0.05, 0.1) is 0 Å². The highest BCUT2D eigenvalue weighted by Gasteiger charge is 2.22. The maximum atomic E-state index is 12.5. The average molecular weight is 386 g/mol. The van der Waals surface area contributed by atoms with Gasteiger partial charge in [-0.2, -0.15) is 0 Å². The Labute approximate surface area is 174 Å². The molecule has 0 fully saturated rings. The van der Waals surface area contributed by atoms with E-state index in [4.69, 9.17) is 0 Å². The first-order valence-corrected chi connectivity index (χ1v) is 10.3. The zero-order valence-electron chi connectivity index (χ0n) is 18.2. The van der Waals surface area contributed by atoms with E-state index in [2.05, 4.69) is 12.1 Å². The predicted molar refractivity (Wildman–Crippen MR) is 119 cm³/mol. The fourth-order valence-electron chi connectivity index (χ4n) is 3.90. The Morgan fingerprint density at radius 2 is 1.55 bits per heavy atom. The number of hydrogen-bond donors (Lipinski definition) is 0. The molecule has 1 aliphatic carbocycles. The summed E-state index contributed by atoms with van der Waals surface area (Å²) >= 11 is 0. The first-order chi connectivity index (χ1) is 13.7. The molecule has 3 rings (SSSR count). The van der Waals surface area contributed by atoms with Crippen LogP contribution in [0.4, 0.5) is 0 Å². The van der Waals surface area contributed by atoms with Gasteiger partial charge < -0.3 is 5.11 Å². The van der Waals surface area contributed by atoms with Crippen molar-refractivity contribution < 1.29 is 9.90 Å². The van der Waals surface area contributed by atoms with Gasteiger partial charge in [0, 0.05) is 5.57 Å². The molecule has 0 spiro atoms. The zero-order valence-corrected chi connectivity index (χ0v) is 18.2. The van der Waals surface area contributed by atoms with E-state index >= 15 is 0 Å². The van der Waals surface area contributed by atoms with Crippen LogP contribution >= 0.6 is 0 Å². The second kappa shape index (κ2) is 8.24. The van der Waals surface area contributed by atoms with Gasteiger partial charge in [0.1, 0.15) is 0 Å². The summed E-state index contributed by atoms with van der Waals surface area (Å²) in [5.41, 5.74) is 7.81. The van der Waals surface area contributed by atoms with Gasteiger partial charge in [-0.15, -0.1) is 5.75 Å². The molecular formula is C27H29O2-. The van der Waals surface area contributed by atoms with Crippen LogP contribution in [0.1, 0.15) is 62.8 Å². The normalized spacial score (nSPS) is 16.2. The summed E-state index contributed by atoms with van der Waals surface area (Å²) in [4.78, 5) is 12.5. The third-order valence-electron chi connectivity index (χ3n) is 5.56. The van der Waals surface area contributed by atoms with Crippen LogP contribution in [-0.4, -0.2) is 5.78 Å². The summed E-state index contributed by atoms with van der Waals surface area (Å²) in [5.74, 6) is 0.469. The van der Waals surface area contributed by atoms with Crippen LogP contribution in [0.2, 0.25) is 0 Å². The van der Waals surface area contributed by atoms with Gasteiger partial charge in [-0.05, 0) is 71.2 Å². The molecule has 2 heteroatoms. The van der Waals surface area contributed by atoms with Crippen molar-refractivity contribution in [1.29, 1.82) is 0 Å². The van der Waals surface area contributed by atoms with Crippen LogP contribution in [0.25, 0.3) is 5.57 Å². The van der Waals surface area contributed by atoms with Gasteiger partial charge in [0.2, 0.25) is 0 Å². The Kier molecular flexibility index (Phi) is 5.93. The molecule has 1 aliphatic rings. The molecule has 0 heterocycles. The third kappa shape index (κ3) is 4.12. The van der Waals surface area contributed by atoms with E-state index in [9.17, 15) is 9.90 Å². The number of rotatable bonds is 4. The van der Waals surface area contributed by atoms with Gasteiger partial charge in [-0.25, -0.2) is 0 Å². The van der Waals surface area contributed by atoms with Crippen molar-refractivity contribution in [2.24, 2.45) is 5.92 Å². The van der Waals surface area contributed by atoms with Gasteiger partial charge >= 0.3 is 0 Å². The Bertz CT molecular complexity index is 1030. The molecule has 0 unspecified atom stereocenters. The van der Waals surface area contributed by atoms with E-state index in [1.807, 2.05) is 71.9 Å². The molecule has 0 saturated carbocycles. The Hall–Kier alpha value is -2.87. The number of ketones is 1. The maximum absolute atomic E-state index is 12.5. The largest absolute Gasteiger partial charge is 0.872 e. The molecule has 0 radical (unpaired) electrons. The van der Waals surface area contributed by atoms with Crippen LogP contribution in [-0.2, 0) is 4.79 Å². The first kappa shape index (κ1) is 20.9. The Morgan fingerprint density at radius 3 is 2.14 bits per heavy atom. The Balaban J connectivity index is 2.40. The van der Waals surface area contributed by atoms with Crippen molar-refractivity contribution in [3.63, 3.8) is 0 Å². The maximum Gasteiger partial charge on any atom is 0.182 e. The van der Waals surface area contributed by atoms with E-state index in [1.165, 1.54) is 0 Å². The fourth-order valence-corrected chi connectivity index (χ4v) is 3.90. The summed E-state index contributed by atoms with van der Waals surface area (Å²) in [6.45, 7) is 12.2. The fraction of sp³-hybridized carbons (Fsp3) is 0.296. The van der Waals surface area contributed by atoms with E-state index in [1.54, 1.807) is 12.1 Å². The second-order valence-electron chi connectivity index (χ2n) is 8.46. The summed E-state index contributed by atoms with van der Waals surface area (Å²) < 4.78 is 0. The highest BCUT2D eigenvalue weighted by Crippen LogP contribution is 2.39. The molecule has 150 valence electrons. The van der Waals surface area contributed by atoms with E-state index in [0.717, 1.165) is 44.5 Å². The molecule has 0 atom stereocenters. The molecule has 2 aromatic rings. The molecule has 29 heavy (non-hydrogen) atoms. The molecular weight excluding hydrogens is 356 g/mol. The van der Waals surface area contributed by atoms with Crippen molar-refractivity contribution >= 4 is 11.4 Å². The lowest BCUT2D eigenvalue weighted by molar-refractivity contribution is -0.269. The number of benzene rings is 2. The minimum Gasteiger partial charge on any atom is -0.872 e. The number of allylic oxidation sites excluding steroid dienone is 5. The standard InChI is InChI=1S/C27H30O2/c1-16(2)21-14-23(18(5)12-25(21)28)27(20-10-8-7-9-11-20)24-15-22(17(3)4)26(29)13-19(24)6/h7-17,28H,1-6H3/p-1/b27-24-. The first-order valence-electron chi connectivity index (χ1n) is 10.3. The van der Waals surface area contributed by atoms with Crippen LogP contribution in [0, 0.1) is 12.8 Å². The number of hydrogen-bond acceptors (Lipinski definition) is 2. The number of aryl methyl sites for hydroxylation is 1. The minimum absolute atomic E-state index is 0.0863. The van der Waals surface area contributed by atoms with E-state index < -0.39 is 0 Å². The molecule has 0 N–H and O–H groups in total. The molecule has 0 saturated heterocycles. The monoisotopic (exact) mass is 385 g/mol. The lowest BCUT2D eigenvalue weighted by Gasteiger charge is -2.25. The summed E-state index contributed by atoms with van der Waals surface area (Å²) in [6, 6.07) is 14.0. The molecule has 2 aromatic carbocycles. The lowest BCUT2D eigenvalue weighted by atomic mass is 9.81. The van der Waals surface area contributed by atoms with Crippen LogP contribution in [0.5, 0.6) is 5.75 Å². The summed E-state index contributed by atoms with van der Waals surface area (Å²) in [5, 5.41) is 12.5. The number of carbonyl (C=O) groups excluding carboxylic acids is 1.